The van der Waals surface area contributed by atoms with E-state index in [0.29, 0.717) is 12.8 Å². The van der Waals surface area contributed by atoms with Gasteiger partial charge in [-0.2, -0.15) is 0 Å². The molecule has 0 amide bonds. The Bertz CT molecular complexity index is 638. The second-order valence-electron chi connectivity index (χ2n) is 7.21. The molecule has 2 saturated heterocycles. The standard InChI is InChI=1S/C20H28O8S4/c1-5-25-15(21)19(16(22)26-6-2)29-11-9-13-14(10-12(11)30-19)32-20(31-13,17(23)27-7-3)18(24)28-8-4/h11-14H,5-10H2,1-4H3. The second-order valence-corrected chi connectivity index (χ2v) is 13.5. The van der Waals surface area contributed by atoms with Crippen molar-refractivity contribution < 1.29 is 38.1 Å². The fraction of sp³-hybridized carbons (Fsp3) is 0.800. The SMILES string of the molecule is CCOC(=O)C1(C(=O)OCC)SC2CC3SC(C(=O)OCC)(C(=O)OCC)SC3CC2S1. The number of thioether (sulfide) groups is 4. The molecule has 4 unspecified atom stereocenters. The first kappa shape index (κ1) is 25.9. The van der Waals surface area contributed by atoms with Crippen molar-refractivity contribution in [3.8, 4) is 0 Å². The second kappa shape index (κ2) is 10.7. The molecular weight excluding hydrogens is 496 g/mol. The number of rotatable bonds is 8. The minimum Gasteiger partial charge on any atom is -0.464 e. The van der Waals surface area contributed by atoms with Crippen LogP contribution in [0.2, 0.25) is 0 Å². The highest BCUT2D eigenvalue weighted by Crippen LogP contribution is 2.65. The molecule has 180 valence electrons. The van der Waals surface area contributed by atoms with Gasteiger partial charge in [-0.15, -0.1) is 47.0 Å². The van der Waals surface area contributed by atoms with E-state index in [1.165, 1.54) is 47.0 Å². The number of esters is 4. The first-order chi connectivity index (χ1) is 15.3. The zero-order valence-electron chi connectivity index (χ0n) is 18.5. The van der Waals surface area contributed by atoms with Gasteiger partial charge in [0.2, 0.25) is 0 Å². The molecule has 0 aromatic heterocycles. The molecule has 3 fully saturated rings. The van der Waals surface area contributed by atoms with E-state index in [-0.39, 0.29) is 47.4 Å². The Morgan fingerprint density at radius 2 is 0.781 bits per heavy atom. The summed E-state index contributed by atoms with van der Waals surface area (Å²) in [6.45, 7) is 7.52. The average Bonchev–Trinajstić information content (AvgIpc) is 3.32. The molecule has 3 aliphatic rings. The molecule has 2 heterocycles. The smallest absolute Gasteiger partial charge is 0.344 e. The van der Waals surface area contributed by atoms with Crippen molar-refractivity contribution in [1.82, 2.24) is 0 Å². The van der Waals surface area contributed by atoms with Crippen molar-refractivity contribution in [3.63, 3.8) is 0 Å². The molecular formula is C20H28O8S4. The molecule has 1 saturated carbocycles. The van der Waals surface area contributed by atoms with E-state index in [1.54, 1.807) is 27.7 Å². The molecule has 1 aliphatic carbocycles. The topological polar surface area (TPSA) is 105 Å². The molecule has 8 nitrogen and oxygen atoms in total. The van der Waals surface area contributed by atoms with Crippen LogP contribution in [0.3, 0.4) is 0 Å². The normalized spacial score (nSPS) is 29.4. The zero-order chi connectivity index (χ0) is 23.5. The molecule has 3 rings (SSSR count). The van der Waals surface area contributed by atoms with Crippen LogP contribution in [0.25, 0.3) is 0 Å². The van der Waals surface area contributed by atoms with E-state index in [4.69, 9.17) is 18.9 Å². The predicted octanol–water partition coefficient (Wildman–Crippen LogP) is 2.86. The lowest BCUT2D eigenvalue weighted by Gasteiger charge is -2.31. The maximum Gasteiger partial charge on any atom is 0.344 e. The van der Waals surface area contributed by atoms with Gasteiger partial charge in [-0.1, -0.05) is 0 Å². The summed E-state index contributed by atoms with van der Waals surface area (Å²) < 4.78 is 18.1. The van der Waals surface area contributed by atoms with Crippen LogP contribution in [-0.4, -0.2) is 79.5 Å². The number of hydrogen-bond donors (Lipinski definition) is 0. The highest BCUT2D eigenvalue weighted by molar-refractivity contribution is 8.25. The minimum absolute atomic E-state index is 0.0108. The fourth-order valence-corrected chi connectivity index (χ4v) is 12.0. The predicted molar refractivity (Wildman–Crippen MR) is 127 cm³/mol. The van der Waals surface area contributed by atoms with Gasteiger partial charge in [0, 0.05) is 21.0 Å². The van der Waals surface area contributed by atoms with Gasteiger partial charge < -0.3 is 18.9 Å². The van der Waals surface area contributed by atoms with Gasteiger partial charge in [-0.05, 0) is 40.5 Å². The summed E-state index contributed by atoms with van der Waals surface area (Å²) in [5.41, 5.74) is 0. The Hall–Kier alpha value is -0.720. The van der Waals surface area contributed by atoms with Crippen molar-refractivity contribution in [2.45, 2.75) is 69.7 Å². The fourth-order valence-electron chi connectivity index (χ4n) is 3.93. The van der Waals surface area contributed by atoms with Crippen LogP contribution in [-0.2, 0) is 38.1 Å². The van der Waals surface area contributed by atoms with Crippen molar-refractivity contribution in [2.24, 2.45) is 0 Å². The van der Waals surface area contributed by atoms with Crippen LogP contribution in [0, 0.1) is 0 Å². The van der Waals surface area contributed by atoms with Crippen molar-refractivity contribution in [3.05, 3.63) is 0 Å². The molecule has 0 aromatic rings. The minimum atomic E-state index is -1.44. The molecule has 2 aliphatic heterocycles. The summed E-state index contributed by atoms with van der Waals surface area (Å²) in [7, 11) is 0. The third kappa shape index (κ3) is 4.61. The van der Waals surface area contributed by atoms with Crippen LogP contribution in [0.15, 0.2) is 0 Å². The van der Waals surface area contributed by atoms with Crippen molar-refractivity contribution >= 4 is 70.9 Å². The van der Waals surface area contributed by atoms with Gasteiger partial charge in [0.15, 0.2) is 0 Å². The highest BCUT2D eigenvalue weighted by atomic mass is 32.2. The van der Waals surface area contributed by atoms with Gasteiger partial charge in [-0.25, -0.2) is 19.2 Å². The van der Waals surface area contributed by atoms with Gasteiger partial charge >= 0.3 is 23.9 Å². The van der Waals surface area contributed by atoms with Crippen LogP contribution < -0.4 is 0 Å². The quantitative estimate of drug-likeness (QED) is 0.265. The van der Waals surface area contributed by atoms with Crippen molar-refractivity contribution in [1.29, 1.82) is 0 Å². The van der Waals surface area contributed by atoms with Crippen LogP contribution in [0.1, 0.15) is 40.5 Å². The lowest BCUT2D eigenvalue weighted by Crippen LogP contribution is -2.42. The maximum atomic E-state index is 12.8. The number of fused-ring (bicyclic) bond motifs is 2. The molecule has 4 atom stereocenters. The Morgan fingerprint density at radius 3 is 0.969 bits per heavy atom. The number of ether oxygens (including phenoxy) is 4. The highest BCUT2D eigenvalue weighted by Gasteiger charge is 2.66. The Balaban J connectivity index is 1.81. The Labute approximate surface area is 204 Å². The van der Waals surface area contributed by atoms with Gasteiger partial charge in [0.1, 0.15) is 0 Å². The molecule has 12 heteroatoms. The zero-order valence-corrected chi connectivity index (χ0v) is 21.7. The third-order valence-electron chi connectivity index (χ3n) is 5.20. The Kier molecular flexibility index (Phi) is 8.65. The van der Waals surface area contributed by atoms with Crippen LogP contribution in [0.4, 0.5) is 0 Å². The largest absolute Gasteiger partial charge is 0.464 e. The molecule has 0 bridgehead atoms. The van der Waals surface area contributed by atoms with E-state index in [0.717, 1.165) is 0 Å². The molecule has 0 spiro atoms. The van der Waals surface area contributed by atoms with E-state index in [2.05, 4.69) is 0 Å². The summed E-state index contributed by atoms with van der Waals surface area (Å²) in [5, 5.41) is -0.0431. The third-order valence-corrected chi connectivity index (χ3v) is 12.7. The number of hydrogen-bond acceptors (Lipinski definition) is 12. The summed E-state index contributed by atoms with van der Waals surface area (Å²) >= 11 is 5.13. The van der Waals surface area contributed by atoms with Gasteiger partial charge in [0.25, 0.3) is 8.16 Å². The lowest BCUT2D eigenvalue weighted by molar-refractivity contribution is -0.156. The van der Waals surface area contributed by atoms with Gasteiger partial charge in [0.05, 0.1) is 26.4 Å². The Morgan fingerprint density at radius 1 is 0.562 bits per heavy atom. The monoisotopic (exact) mass is 524 g/mol. The van der Waals surface area contributed by atoms with Crippen molar-refractivity contribution in [2.75, 3.05) is 26.4 Å². The van der Waals surface area contributed by atoms with E-state index in [1.807, 2.05) is 0 Å². The lowest BCUT2D eigenvalue weighted by atomic mass is 9.98. The average molecular weight is 525 g/mol. The molecule has 0 N–H and O–H groups in total. The molecule has 0 radical (unpaired) electrons. The first-order valence-corrected chi connectivity index (χ1v) is 14.2. The van der Waals surface area contributed by atoms with E-state index in [9.17, 15) is 19.2 Å². The number of carbonyl (C=O) groups is 4. The maximum absolute atomic E-state index is 12.8. The first-order valence-electron chi connectivity index (χ1n) is 10.7. The summed E-state index contributed by atoms with van der Waals surface area (Å²) in [6, 6.07) is 0. The molecule has 0 aromatic carbocycles. The number of carbonyl (C=O) groups excluding carboxylic acids is 4. The molecule has 32 heavy (non-hydrogen) atoms. The summed E-state index contributed by atoms with van der Waals surface area (Å²) in [6.07, 6.45) is 1.29. The van der Waals surface area contributed by atoms with E-state index >= 15 is 0 Å². The van der Waals surface area contributed by atoms with Crippen LogP contribution in [0.5, 0.6) is 0 Å². The van der Waals surface area contributed by atoms with E-state index < -0.39 is 32.0 Å². The summed E-state index contributed by atoms with van der Waals surface area (Å²) in [5.74, 6) is -2.33. The summed E-state index contributed by atoms with van der Waals surface area (Å²) in [4.78, 5) is 51.2. The van der Waals surface area contributed by atoms with Gasteiger partial charge in [-0.3, -0.25) is 0 Å². The van der Waals surface area contributed by atoms with Crippen LogP contribution >= 0.6 is 47.0 Å².